The monoisotopic (exact) mass is 452 g/mol. The molecule has 0 aliphatic carbocycles. The summed E-state index contributed by atoms with van der Waals surface area (Å²) in [4.78, 5) is 36.8. The van der Waals surface area contributed by atoms with Crippen LogP contribution in [-0.4, -0.2) is 51.1 Å². The van der Waals surface area contributed by atoms with E-state index in [1.54, 1.807) is 6.07 Å². The molecule has 0 unspecified atom stereocenters. The number of H-pyrrole nitrogens is 1. The summed E-state index contributed by atoms with van der Waals surface area (Å²) in [7, 11) is 0. The summed E-state index contributed by atoms with van der Waals surface area (Å²) in [5.41, 5.74) is 7.16. The van der Waals surface area contributed by atoms with E-state index in [9.17, 15) is 14.7 Å². The summed E-state index contributed by atoms with van der Waals surface area (Å²) in [6.45, 7) is 6.76. The second-order valence-electron chi connectivity index (χ2n) is 8.70. The van der Waals surface area contributed by atoms with Crippen molar-refractivity contribution < 1.29 is 9.90 Å². The number of nitrogens with two attached hydrogens (primary N) is 1. The number of carbonyl (C=O) groups is 1. The fraction of sp³-hybridized carbons (Fsp3) is 0.391. The predicted molar refractivity (Wildman–Crippen MR) is 128 cm³/mol. The molecule has 1 amide bonds. The largest absolute Gasteiger partial charge is 0.530 e. The molecule has 176 valence electrons. The van der Waals surface area contributed by atoms with Gasteiger partial charge in [0.25, 0.3) is 5.56 Å². The number of pyridine rings is 1. The second kappa shape index (κ2) is 10.3. The maximum Gasteiger partial charge on any atom is 0.261 e. The van der Waals surface area contributed by atoms with Gasteiger partial charge in [0, 0.05) is 30.5 Å². The summed E-state index contributed by atoms with van der Waals surface area (Å²) < 4.78 is 0. The Morgan fingerprint density at radius 2 is 2.03 bits per heavy atom. The first-order valence-corrected chi connectivity index (χ1v) is 10.9. The Bertz CT molecular complexity index is 1170. The van der Waals surface area contributed by atoms with Gasteiger partial charge in [-0.3, -0.25) is 4.79 Å². The number of fused-ring (bicyclic) bond motifs is 1. The van der Waals surface area contributed by atoms with Gasteiger partial charge in [-0.15, -0.1) is 0 Å². The van der Waals surface area contributed by atoms with Crippen LogP contribution < -0.4 is 27.0 Å². The van der Waals surface area contributed by atoms with Crippen molar-refractivity contribution in [1.82, 2.24) is 19.9 Å². The molecule has 1 aromatic carbocycles. The number of nitrogens with one attached hydrogen (secondary N) is 3. The van der Waals surface area contributed by atoms with E-state index in [-0.39, 0.29) is 5.56 Å². The van der Waals surface area contributed by atoms with Crippen molar-refractivity contribution in [3.63, 3.8) is 0 Å². The van der Waals surface area contributed by atoms with E-state index in [2.05, 4.69) is 25.6 Å². The average molecular weight is 453 g/mol. The third-order valence-electron chi connectivity index (χ3n) is 5.11. The summed E-state index contributed by atoms with van der Waals surface area (Å²) in [6, 6.07) is 9.46. The number of amides is 1. The third-order valence-corrected chi connectivity index (χ3v) is 5.11. The lowest BCUT2D eigenvalue weighted by Crippen LogP contribution is -2.52. The third kappa shape index (κ3) is 6.19. The number of benzene rings is 1. The molecule has 0 saturated carbocycles. The normalized spacial score (nSPS) is 11.4. The summed E-state index contributed by atoms with van der Waals surface area (Å²) in [5.74, 6) is 0.713. The Morgan fingerprint density at radius 1 is 1.24 bits per heavy atom. The molecule has 5 N–H and O–H groups in total. The molecule has 33 heavy (non-hydrogen) atoms. The standard InChI is InChI=1S/C23H31N7O3/c1-23(2,3)30(22(32)33)13-5-11-26-21-28-17-9-12-25-20(31)18(17)19(29-21)27-16-7-4-6-15(14-16)8-10-24/h4,6-7,9,12,14H,5,8,10-11,13,24H2,1-3H3,(H,25,31)(H,32,33)(H2,26,27,28,29)/p-1. The van der Waals surface area contributed by atoms with Crippen molar-refractivity contribution >= 4 is 34.4 Å². The average Bonchev–Trinajstić information content (AvgIpc) is 2.73. The molecule has 0 aliphatic rings. The van der Waals surface area contributed by atoms with Gasteiger partial charge >= 0.3 is 0 Å². The molecule has 0 fully saturated rings. The lowest BCUT2D eigenvalue weighted by atomic mass is 10.1. The van der Waals surface area contributed by atoms with Gasteiger partial charge < -0.3 is 36.2 Å². The molecule has 2 aromatic heterocycles. The van der Waals surface area contributed by atoms with Crippen LogP contribution in [0.3, 0.4) is 0 Å². The Kier molecular flexibility index (Phi) is 7.49. The van der Waals surface area contributed by atoms with Gasteiger partial charge in [-0.1, -0.05) is 12.1 Å². The van der Waals surface area contributed by atoms with Gasteiger partial charge in [0.15, 0.2) is 0 Å². The van der Waals surface area contributed by atoms with Crippen molar-refractivity contribution in [2.24, 2.45) is 5.73 Å². The van der Waals surface area contributed by atoms with Gasteiger partial charge in [-0.05, 0) is 63.9 Å². The van der Waals surface area contributed by atoms with Crippen LogP contribution in [0.25, 0.3) is 10.9 Å². The molecule has 10 heteroatoms. The van der Waals surface area contributed by atoms with Crippen LogP contribution >= 0.6 is 0 Å². The molecule has 0 radical (unpaired) electrons. The minimum Gasteiger partial charge on any atom is -0.530 e. The topological polar surface area (TPSA) is 152 Å². The zero-order valence-corrected chi connectivity index (χ0v) is 19.1. The van der Waals surface area contributed by atoms with Crippen LogP contribution in [0.5, 0.6) is 0 Å². The summed E-state index contributed by atoms with van der Waals surface area (Å²) >= 11 is 0. The van der Waals surface area contributed by atoms with Crippen LogP contribution in [0.15, 0.2) is 41.3 Å². The van der Waals surface area contributed by atoms with Crippen LogP contribution in [0, 0.1) is 0 Å². The maximum atomic E-state index is 12.5. The quantitative estimate of drug-likeness (QED) is 0.359. The minimum absolute atomic E-state index is 0.297. The van der Waals surface area contributed by atoms with Crippen LogP contribution in [0.2, 0.25) is 0 Å². The van der Waals surface area contributed by atoms with Crippen molar-refractivity contribution in [2.45, 2.75) is 39.2 Å². The van der Waals surface area contributed by atoms with Gasteiger partial charge in [0.2, 0.25) is 5.95 Å². The first kappa shape index (κ1) is 24.0. The number of rotatable bonds is 9. The van der Waals surface area contributed by atoms with E-state index in [4.69, 9.17) is 5.73 Å². The fourth-order valence-electron chi connectivity index (χ4n) is 3.51. The van der Waals surface area contributed by atoms with Gasteiger partial charge in [0.1, 0.15) is 17.3 Å². The number of hydrogen-bond acceptors (Lipinski definition) is 8. The smallest absolute Gasteiger partial charge is 0.261 e. The number of anilines is 3. The van der Waals surface area contributed by atoms with Crippen molar-refractivity contribution in [3.8, 4) is 0 Å². The van der Waals surface area contributed by atoms with Crippen LogP contribution in [-0.2, 0) is 6.42 Å². The van der Waals surface area contributed by atoms with Gasteiger partial charge in [-0.2, -0.15) is 4.98 Å². The zero-order chi connectivity index (χ0) is 24.0. The molecule has 0 atom stereocenters. The Hall–Kier alpha value is -3.66. The van der Waals surface area contributed by atoms with E-state index in [0.29, 0.717) is 48.7 Å². The van der Waals surface area contributed by atoms with E-state index in [1.807, 2.05) is 45.0 Å². The highest BCUT2D eigenvalue weighted by Crippen LogP contribution is 2.23. The van der Waals surface area contributed by atoms with Crippen LogP contribution in [0.1, 0.15) is 32.8 Å². The highest BCUT2D eigenvalue weighted by molar-refractivity contribution is 5.90. The number of nitrogens with zero attached hydrogens (tertiary/aromatic N) is 3. The Balaban J connectivity index is 1.81. The number of aromatic nitrogens is 3. The van der Waals surface area contributed by atoms with Crippen molar-refractivity contribution in [1.29, 1.82) is 0 Å². The molecular weight excluding hydrogens is 422 g/mol. The number of hydrogen-bond donors (Lipinski definition) is 4. The summed E-state index contributed by atoms with van der Waals surface area (Å²) in [5, 5.41) is 18.1. The van der Waals surface area contributed by atoms with E-state index in [1.165, 1.54) is 11.1 Å². The molecule has 3 rings (SSSR count). The Morgan fingerprint density at radius 3 is 2.73 bits per heavy atom. The molecule has 0 spiro atoms. The minimum atomic E-state index is -1.20. The molecule has 0 bridgehead atoms. The van der Waals surface area contributed by atoms with Crippen molar-refractivity contribution in [3.05, 3.63) is 52.4 Å². The van der Waals surface area contributed by atoms with Crippen LogP contribution in [0.4, 0.5) is 22.2 Å². The zero-order valence-electron chi connectivity index (χ0n) is 19.1. The van der Waals surface area contributed by atoms with E-state index >= 15 is 0 Å². The highest BCUT2D eigenvalue weighted by Gasteiger charge is 2.20. The number of carboxylic acid groups (broad SMARTS) is 1. The molecule has 3 aromatic rings. The molecular formula is C23H30N7O3-. The Labute approximate surface area is 192 Å². The highest BCUT2D eigenvalue weighted by atomic mass is 16.4. The number of carbonyl (C=O) groups excluding carboxylic acids is 1. The van der Waals surface area contributed by atoms with Gasteiger partial charge in [0.05, 0.1) is 5.52 Å². The second-order valence-corrected chi connectivity index (χ2v) is 8.70. The maximum absolute atomic E-state index is 12.5. The molecule has 2 heterocycles. The predicted octanol–water partition coefficient (Wildman–Crippen LogP) is 1.81. The molecule has 0 aliphatic heterocycles. The van der Waals surface area contributed by atoms with E-state index in [0.717, 1.165) is 17.7 Å². The number of aromatic amines is 1. The fourth-order valence-corrected chi connectivity index (χ4v) is 3.51. The SMILES string of the molecule is CC(C)(C)N(CCCNc1nc(Nc2cccc(CCN)c2)c2c(=O)[nH]ccc2n1)C(=O)[O-]. The van der Waals surface area contributed by atoms with Gasteiger partial charge in [-0.25, -0.2) is 4.98 Å². The van der Waals surface area contributed by atoms with Crippen molar-refractivity contribution in [2.75, 3.05) is 30.3 Å². The molecule has 0 saturated heterocycles. The lowest BCUT2D eigenvalue weighted by Gasteiger charge is -2.37. The van der Waals surface area contributed by atoms with E-state index < -0.39 is 11.6 Å². The first-order chi connectivity index (χ1) is 15.7. The summed E-state index contributed by atoms with van der Waals surface area (Å²) in [6.07, 6.45) is 1.61. The lowest BCUT2D eigenvalue weighted by molar-refractivity contribution is -0.270. The molecule has 10 nitrogen and oxygen atoms in total. The first-order valence-electron chi connectivity index (χ1n) is 10.9.